The summed E-state index contributed by atoms with van der Waals surface area (Å²) in [5.41, 5.74) is 1.34. The van der Waals surface area contributed by atoms with Crippen molar-refractivity contribution in [2.45, 2.75) is 6.54 Å². The van der Waals surface area contributed by atoms with E-state index in [-0.39, 0.29) is 12.5 Å². The number of nitrogens with one attached hydrogen (secondary N) is 2. The van der Waals surface area contributed by atoms with Crippen LogP contribution in [0.5, 0.6) is 17.2 Å². The highest BCUT2D eigenvalue weighted by Crippen LogP contribution is 2.39. The molecule has 0 fully saturated rings. The molecule has 0 aliphatic carbocycles. The van der Waals surface area contributed by atoms with Gasteiger partial charge >= 0.3 is 0 Å². The number of rotatable bonds is 8. The SMILES string of the molecule is COc1ccc(CNC(=O)c2cccc(NS(C)(=O)=O)c2)c(OC)c1OC. The van der Waals surface area contributed by atoms with E-state index in [2.05, 4.69) is 10.0 Å². The summed E-state index contributed by atoms with van der Waals surface area (Å²) < 4.78 is 40.9. The van der Waals surface area contributed by atoms with E-state index in [1.54, 1.807) is 30.3 Å². The molecule has 0 aliphatic heterocycles. The second-order valence-electron chi connectivity index (χ2n) is 5.63. The summed E-state index contributed by atoms with van der Waals surface area (Å²) in [4.78, 5) is 12.4. The number of carbonyl (C=O) groups excluding carboxylic acids is 1. The van der Waals surface area contributed by atoms with Crippen molar-refractivity contribution in [2.24, 2.45) is 0 Å². The molecule has 1 amide bonds. The largest absolute Gasteiger partial charge is 0.493 e. The molecule has 2 aromatic rings. The zero-order valence-electron chi connectivity index (χ0n) is 15.5. The second kappa shape index (κ2) is 8.63. The minimum atomic E-state index is -3.42. The molecule has 0 spiro atoms. The van der Waals surface area contributed by atoms with Gasteiger partial charge in [0.1, 0.15) is 0 Å². The van der Waals surface area contributed by atoms with Crippen LogP contribution in [0.15, 0.2) is 36.4 Å². The van der Waals surface area contributed by atoms with Gasteiger partial charge in [-0.1, -0.05) is 6.07 Å². The fraction of sp³-hybridized carbons (Fsp3) is 0.278. The van der Waals surface area contributed by atoms with Crippen molar-refractivity contribution in [2.75, 3.05) is 32.3 Å². The van der Waals surface area contributed by atoms with Gasteiger partial charge in [0.2, 0.25) is 15.8 Å². The molecule has 0 radical (unpaired) electrons. The van der Waals surface area contributed by atoms with Crippen molar-refractivity contribution in [3.05, 3.63) is 47.5 Å². The number of benzene rings is 2. The van der Waals surface area contributed by atoms with Gasteiger partial charge in [-0.2, -0.15) is 0 Å². The highest BCUT2D eigenvalue weighted by molar-refractivity contribution is 7.92. The molecule has 0 saturated heterocycles. The molecule has 27 heavy (non-hydrogen) atoms. The molecule has 8 nitrogen and oxygen atoms in total. The number of ether oxygens (including phenoxy) is 3. The average Bonchev–Trinajstić information content (AvgIpc) is 2.63. The molecule has 0 bridgehead atoms. The molecule has 146 valence electrons. The standard InChI is InChI=1S/C18H22N2O6S/c1-24-15-9-8-13(16(25-2)17(15)26-3)11-19-18(21)12-6-5-7-14(10-12)20-27(4,22)23/h5-10,20H,11H2,1-4H3,(H,19,21). The van der Waals surface area contributed by atoms with Gasteiger partial charge in [0.25, 0.3) is 5.91 Å². The van der Waals surface area contributed by atoms with Crippen LogP contribution in [0.25, 0.3) is 0 Å². The van der Waals surface area contributed by atoms with Crippen molar-refractivity contribution in [3.8, 4) is 17.2 Å². The summed E-state index contributed by atoms with van der Waals surface area (Å²) in [7, 11) is 1.11. The summed E-state index contributed by atoms with van der Waals surface area (Å²) in [6.45, 7) is 0.187. The first-order chi connectivity index (χ1) is 12.8. The summed E-state index contributed by atoms with van der Waals surface area (Å²) in [5.74, 6) is 1.06. The molecule has 2 aromatic carbocycles. The Morgan fingerprint density at radius 2 is 1.70 bits per heavy atom. The number of hydrogen-bond acceptors (Lipinski definition) is 6. The summed E-state index contributed by atoms with van der Waals surface area (Å²) in [6.07, 6.45) is 1.04. The maximum absolute atomic E-state index is 12.4. The van der Waals surface area contributed by atoms with Gasteiger partial charge in [0.05, 0.1) is 27.6 Å². The lowest BCUT2D eigenvalue weighted by Crippen LogP contribution is -2.23. The lowest BCUT2D eigenvalue weighted by Gasteiger charge is -2.16. The van der Waals surface area contributed by atoms with E-state index in [1.165, 1.54) is 27.4 Å². The Morgan fingerprint density at radius 1 is 1.00 bits per heavy atom. The molecule has 0 unspecified atom stereocenters. The van der Waals surface area contributed by atoms with E-state index >= 15 is 0 Å². The van der Waals surface area contributed by atoms with Gasteiger partial charge in [-0.25, -0.2) is 8.42 Å². The van der Waals surface area contributed by atoms with Crippen molar-refractivity contribution in [1.82, 2.24) is 5.32 Å². The Kier molecular flexibility index (Phi) is 6.51. The predicted molar refractivity (Wildman–Crippen MR) is 102 cm³/mol. The molecule has 2 rings (SSSR count). The number of sulfonamides is 1. The number of methoxy groups -OCH3 is 3. The summed E-state index contributed by atoms with van der Waals surface area (Å²) in [5, 5.41) is 2.78. The van der Waals surface area contributed by atoms with Crippen LogP contribution in [0.2, 0.25) is 0 Å². The highest BCUT2D eigenvalue weighted by atomic mass is 32.2. The van der Waals surface area contributed by atoms with Gasteiger partial charge in [-0.05, 0) is 30.3 Å². The van der Waals surface area contributed by atoms with Gasteiger partial charge in [0, 0.05) is 23.4 Å². The minimum absolute atomic E-state index is 0.187. The fourth-order valence-electron chi connectivity index (χ4n) is 2.52. The first-order valence-electron chi connectivity index (χ1n) is 7.93. The monoisotopic (exact) mass is 394 g/mol. The normalized spacial score (nSPS) is 10.8. The molecular weight excluding hydrogens is 372 g/mol. The van der Waals surface area contributed by atoms with E-state index in [9.17, 15) is 13.2 Å². The molecule has 2 N–H and O–H groups in total. The van der Waals surface area contributed by atoms with Crippen LogP contribution >= 0.6 is 0 Å². The first-order valence-corrected chi connectivity index (χ1v) is 9.82. The predicted octanol–water partition coefficient (Wildman–Crippen LogP) is 2.01. The second-order valence-corrected chi connectivity index (χ2v) is 7.38. The smallest absolute Gasteiger partial charge is 0.251 e. The number of anilines is 1. The fourth-order valence-corrected chi connectivity index (χ4v) is 3.07. The molecule has 9 heteroatoms. The van der Waals surface area contributed by atoms with Crippen LogP contribution in [0, 0.1) is 0 Å². The van der Waals surface area contributed by atoms with Crippen LogP contribution in [-0.4, -0.2) is 41.9 Å². The van der Waals surface area contributed by atoms with E-state index in [0.717, 1.165) is 6.26 Å². The van der Waals surface area contributed by atoms with Gasteiger partial charge < -0.3 is 19.5 Å². The Morgan fingerprint density at radius 3 is 2.30 bits per heavy atom. The maximum Gasteiger partial charge on any atom is 0.251 e. The number of hydrogen-bond donors (Lipinski definition) is 2. The Hall–Kier alpha value is -2.94. The maximum atomic E-state index is 12.4. The molecule has 0 atom stereocenters. The van der Waals surface area contributed by atoms with Crippen LogP contribution in [0.3, 0.4) is 0 Å². The average molecular weight is 394 g/mol. The first kappa shape index (κ1) is 20.4. The van der Waals surface area contributed by atoms with E-state index in [4.69, 9.17) is 14.2 Å². The molecule has 0 saturated carbocycles. The number of amides is 1. The Balaban J connectivity index is 2.17. The van der Waals surface area contributed by atoms with Crippen LogP contribution in [0.1, 0.15) is 15.9 Å². The molecular formula is C18H22N2O6S. The summed E-state index contributed by atoms with van der Waals surface area (Å²) >= 11 is 0. The number of carbonyl (C=O) groups is 1. The highest BCUT2D eigenvalue weighted by Gasteiger charge is 2.16. The van der Waals surface area contributed by atoms with Crippen LogP contribution in [-0.2, 0) is 16.6 Å². The Bertz CT molecular complexity index is 927. The van der Waals surface area contributed by atoms with Gasteiger partial charge in [0.15, 0.2) is 11.5 Å². The zero-order chi connectivity index (χ0) is 20.0. The third kappa shape index (κ3) is 5.27. The van der Waals surface area contributed by atoms with E-state index in [0.29, 0.717) is 34.1 Å². The van der Waals surface area contributed by atoms with Crippen LogP contribution < -0.4 is 24.2 Å². The lowest BCUT2D eigenvalue weighted by atomic mass is 10.1. The summed E-state index contributed by atoms with van der Waals surface area (Å²) in [6, 6.07) is 9.70. The van der Waals surface area contributed by atoms with Crippen molar-refractivity contribution in [1.29, 1.82) is 0 Å². The molecule has 0 aromatic heterocycles. The van der Waals surface area contributed by atoms with Gasteiger partial charge in [-0.3, -0.25) is 9.52 Å². The third-order valence-corrected chi connectivity index (χ3v) is 4.26. The third-order valence-electron chi connectivity index (χ3n) is 3.65. The van der Waals surface area contributed by atoms with Crippen molar-refractivity contribution >= 4 is 21.6 Å². The molecule has 0 heterocycles. The zero-order valence-corrected chi connectivity index (χ0v) is 16.3. The van der Waals surface area contributed by atoms with E-state index < -0.39 is 10.0 Å². The topological polar surface area (TPSA) is 103 Å². The molecule has 0 aliphatic rings. The van der Waals surface area contributed by atoms with Crippen LogP contribution in [0.4, 0.5) is 5.69 Å². The quantitative estimate of drug-likeness (QED) is 0.710. The minimum Gasteiger partial charge on any atom is -0.493 e. The van der Waals surface area contributed by atoms with Gasteiger partial charge in [-0.15, -0.1) is 0 Å². The van der Waals surface area contributed by atoms with Crippen molar-refractivity contribution in [3.63, 3.8) is 0 Å². The van der Waals surface area contributed by atoms with Crippen molar-refractivity contribution < 1.29 is 27.4 Å². The lowest BCUT2D eigenvalue weighted by molar-refractivity contribution is 0.0950. The van der Waals surface area contributed by atoms with E-state index in [1.807, 2.05) is 0 Å². The Labute approximate surface area is 158 Å².